The molecule has 0 unspecified atom stereocenters. The molecule has 2 N–H and O–H groups in total. The second kappa shape index (κ2) is 9.91. The molecule has 0 bridgehead atoms. The molecule has 0 aliphatic carbocycles. The molecule has 1 aromatic heterocycles. The smallest absolute Gasteiger partial charge is 0.337 e. The summed E-state index contributed by atoms with van der Waals surface area (Å²) in [5.41, 5.74) is 2.51. The Morgan fingerprint density at radius 1 is 1.22 bits per heavy atom. The maximum Gasteiger partial charge on any atom is 0.337 e. The molecule has 0 saturated heterocycles. The van der Waals surface area contributed by atoms with Crippen molar-refractivity contribution >= 4 is 23.6 Å². The third-order valence-electron chi connectivity index (χ3n) is 4.11. The average molecular weight is 389 g/mol. The van der Waals surface area contributed by atoms with Crippen LogP contribution in [0.1, 0.15) is 33.6 Å². The van der Waals surface area contributed by atoms with E-state index in [0.717, 1.165) is 5.56 Å². The van der Waals surface area contributed by atoms with Crippen molar-refractivity contribution in [2.75, 3.05) is 19.9 Å². The fraction of sp³-hybridized carbons (Fsp3) is 0.368. The lowest BCUT2D eigenvalue weighted by atomic mass is 10.1. The Bertz CT molecular complexity index is 862. The van der Waals surface area contributed by atoms with Crippen LogP contribution in [0.2, 0.25) is 0 Å². The maximum absolute atomic E-state index is 12.1. The van der Waals surface area contributed by atoms with E-state index in [1.165, 1.54) is 18.9 Å². The van der Waals surface area contributed by atoms with Crippen LogP contribution in [0, 0.1) is 6.92 Å². The highest BCUT2D eigenvalue weighted by atomic mass is 32.2. The molecule has 0 aliphatic heterocycles. The van der Waals surface area contributed by atoms with Crippen LogP contribution in [0.5, 0.6) is 0 Å². The zero-order valence-electron chi connectivity index (χ0n) is 15.6. The SMILES string of the molecule is COC(=O)c1ccc(CCNC(=O)CCc2c(C)nc(SC)[nH]c2=O)cc1. The number of aromatic nitrogens is 2. The van der Waals surface area contributed by atoms with Crippen molar-refractivity contribution in [1.82, 2.24) is 15.3 Å². The highest BCUT2D eigenvalue weighted by Crippen LogP contribution is 2.09. The molecule has 0 saturated carbocycles. The number of nitrogens with one attached hydrogen (secondary N) is 2. The van der Waals surface area contributed by atoms with Crippen molar-refractivity contribution in [3.05, 3.63) is 57.0 Å². The highest BCUT2D eigenvalue weighted by Gasteiger charge is 2.10. The Kier molecular flexibility index (Phi) is 7.60. The summed E-state index contributed by atoms with van der Waals surface area (Å²) in [5.74, 6) is -0.492. The van der Waals surface area contributed by atoms with Crippen LogP contribution in [-0.2, 0) is 22.4 Å². The predicted octanol–water partition coefficient (Wildman–Crippen LogP) is 1.88. The molecule has 0 spiro atoms. The highest BCUT2D eigenvalue weighted by molar-refractivity contribution is 7.98. The van der Waals surface area contributed by atoms with Gasteiger partial charge in [0.05, 0.1) is 12.7 Å². The second-order valence-corrected chi connectivity index (χ2v) is 6.72. The van der Waals surface area contributed by atoms with E-state index >= 15 is 0 Å². The zero-order valence-corrected chi connectivity index (χ0v) is 16.4. The third-order valence-corrected chi connectivity index (χ3v) is 4.69. The number of aromatic amines is 1. The first-order valence-electron chi connectivity index (χ1n) is 8.52. The topological polar surface area (TPSA) is 101 Å². The quantitative estimate of drug-likeness (QED) is 0.406. The number of esters is 1. The normalized spacial score (nSPS) is 10.5. The van der Waals surface area contributed by atoms with Gasteiger partial charge >= 0.3 is 5.97 Å². The molecule has 8 heteroatoms. The van der Waals surface area contributed by atoms with Crippen LogP contribution < -0.4 is 10.9 Å². The van der Waals surface area contributed by atoms with Crippen molar-refractivity contribution in [1.29, 1.82) is 0 Å². The van der Waals surface area contributed by atoms with E-state index in [9.17, 15) is 14.4 Å². The maximum atomic E-state index is 12.1. The first-order chi connectivity index (χ1) is 12.9. The number of carbonyl (C=O) groups is 2. The second-order valence-electron chi connectivity index (χ2n) is 5.93. The van der Waals surface area contributed by atoms with E-state index in [1.54, 1.807) is 19.1 Å². The lowest BCUT2D eigenvalue weighted by Gasteiger charge is -2.08. The number of ether oxygens (including phenoxy) is 1. The van der Waals surface area contributed by atoms with Crippen LogP contribution >= 0.6 is 11.8 Å². The zero-order chi connectivity index (χ0) is 19.8. The third kappa shape index (κ3) is 5.96. The Balaban J connectivity index is 1.80. The van der Waals surface area contributed by atoms with Gasteiger partial charge < -0.3 is 15.0 Å². The number of methoxy groups -OCH3 is 1. The number of thioether (sulfide) groups is 1. The van der Waals surface area contributed by atoms with Gasteiger partial charge in [0, 0.05) is 24.2 Å². The van der Waals surface area contributed by atoms with E-state index in [4.69, 9.17) is 0 Å². The van der Waals surface area contributed by atoms with E-state index in [0.29, 0.717) is 41.4 Å². The largest absolute Gasteiger partial charge is 0.465 e. The Morgan fingerprint density at radius 2 is 1.93 bits per heavy atom. The van der Waals surface area contributed by atoms with Gasteiger partial charge in [-0.1, -0.05) is 23.9 Å². The van der Waals surface area contributed by atoms with Gasteiger partial charge in [-0.25, -0.2) is 9.78 Å². The monoisotopic (exact) mass is 389 g/mol. The van der Waals surface area contributed by atoms with Crippen molar-refractivity contribution < 1.29 is 14.3 Å². The van der Waals surface area contributed by atoms with Gasteiger partial charge in [0.15, 0.2) is 5.16 Å². The van der Waals surface area contributed by atoms with Crippen molar-refractivity contribution in [2.45, 2.75) is 31.3 Å². The minimum atomic E-state index is -0.375. The number of nitrogens with zero attached hydrogens (tertiary/aromatic N) is 1. The minimum absolute atomic E-state index is 0.117. The summed E-state index contributed by atoms with van der Waals surface area (Å²) in [6.45, 7) is 2.26. The molecular formula is C19H23N3O4S. The summed E-state index contributed by atoms with van der Waals surface area (Å²) in [6.07, 6.45) is 3.07. The van der Waals surface area contributed by atoms with Gasteiger partial charge in [-0.05, 0) is 43.7 Å². The summed E-state index contributed by atoms with van der Waals surface area (Å²) in [5, 5.41) is 3.42. The van der Waals surface area contributed by atoms with Gasteiger partial charge in [0.2, 0.25) is 5.91 Å². The lowest BCUT2D eigenvalue weighted by molar-refractivity contribution is -0.121. The van der Waals surface area contributed by atoms with Crippen LogP contribution in [-0.4, -0.2) is 41.8 Å². The Hall–Kier alpha value is -2.61. The molecule has 1 heterocycles. The number of H-pyrrole nitrogens is 1. The van der Waals surface area contributed by atoms with Crippen molar-refractivity contribution in [3.8, 4) is 0 Å². The standard InChI is InChI=1S/C19H23N3O4S/c1-12-15(17(24)22-19(21-12)27-3)8-9-16(23)20-11-10-13-4-6-14(7-5-13)18(25)26-2/h4-7H,8-11H2,1-3H3,(H,20,23)(H,21,22,24). The van der Waals surface area contributed by atoms with E-state index < -0.39 is 0 Å². The number of carbonyl (C=O) groups excluding carboxylic acids is 2. The molecule has 0 radical (unpaired) electrons. The molecule has 0 fully saturated rings. The van der Waals surface area contributed by atoms with E-state index in [2.05, 4.69) is 20.0 Å². The van der Waals surface area contributed by atoms with Gasteiger partial charge in [-0.2, -0.15) is 0 Å². The summed E-state index contributed by atoms with van der Waals surface area (Å²) in [6, 6.07) is 7.06. The molecule has 1 amide bonds. The number of hydrogen-bond acceptors (Lipinski definition) is 6. The minimum Gasteiger partial charge on any atom is -0.465 e. The number of aryl methyl sites for hydroxylation is 1. The fourth-order valence-electron chi connectivity index (χ4n) is 2.57. The molecule has 144 valence electrons. The first kappa shape index (κ1) is 20.7. The molecule has 2 aromatic rings. The molecule has 0 atom stereocenters. The van der Waals surface area contributed by atoms with E-state index in [-0.39, 0.29) is 23.9 Å². The fourth-order valence-corrected chi connectivity index (χ4v) is 3.00. The van der Waals surface area contributed by atoms with Crippen LogP contribution in [0.4, 0.5) is 0 Å². The molecule has 27 heavy (non-hydrogen) atoms. The van der Waals surface area contributed by atoms with Gasteiger partial charge in [-0.3, -0.25) is 9.59 Å². The average Bonchev–Trinajstić information content (AvgIpc) is 2.67. The van der Waals surface area contributed by atoms with Crippen LogP contribution in [0.3, 0.4) is 0 Å². The molecule has 0 aliphatic rings. The summed E-state index contributed by atoms with van der Waals surface area (Å²) >= 11 is 1.37. The number of rotatable bonds is 8. The first-order valence-corrected chi connectivity index (χ1v) is 9.74. The molecule has 7 nitrogen and oxygen atoms in total. The predicted molar refractivity (Wildman–Crippen MR) is 104 cm³/mol. The number of benzene rings is 1. The molecular weight excluding hydrogens is 366 g/mol. The molecule has 1 aromatic carbocycles. The van der Waals surface area contributed by atoms with Crippen molar-refractivity contribution in [3.63, 3.8) is 0 Å². The van der Waals surface area contributed by atoms with E-state index in [1.807, 2.05) is 18.4 Å². The molecule has 2 rings (SSSR count). The summed E-state index contributed by atoms with van der Waals surface area (Å²) in [4.78, 5) is 42.5. The van der Waals surface area contributed by atoms with Crippen LogP contribution in [0.25, 0.3) is 0 Å². The number of amides is 1. The lowest BCUT2D eigenvalue weighted by Crippen LogP contribution is -2.27. The summed E-state index contributed by atoms with van der Waals surface area (Å²) in [7, 11) is 1.34. The number of hydrogen-bond donors (Lipinski definition) is 2. The van der Waals surface area contributed by atoms with Crippen LogP contribution in [0.15, 0.2) is 34.2 Å². The summed E-state index contributed by atoms with van der Waals surface area (Å²) < 4.78 is 4.66. The van der Waals surface area contributed by atoms with Gasteiger partial charge in [-0.15, -0.1) is 0 Å². The Labute approximate surface area is 161 Å². The van der Waals surface area contributed by atoms with Crippen molar-refractivity contribution in [2.24, 2.45) is 0 Å². The van der Waals surface area contributed by atoms with Gasteiger partial charge in [0.1, 0.15) is 0 Å². The van der Waals surface area contributed by atoms with Gasteiger partial charge in [0.25, 0.3) is 5.56 Å². The Morgan fingerprint density at radius 3 is 2.52 bits per heavy atom.